The zero-order chi connectivity index (χ0) is 32.9. The van der Waals surface area contributed by atoms with Gasteiger partial charge in [-0.25, -0.2) is 4.98 Å². The molecule has 1 aliphatic rings. The SMILES string of the molecule is CN1[CH-]N(c2[c-]c(Oc3[c-]c4c(cc3)c3ccccc3n4-c3ccccn3)c3oc4ccc5c6ccccc6oc5c4c3c2)c2ccccc21.[Pt]. The predicted octanol–water partition coefficient (Wildman–Crippen LogP) is 11.1. The summed E-state index contributed by atoms with van der Waals surface area (Å²) in [7, 11) is 2.05. The van der Waals surface area contributed by atoms with Gasteiger partial charge >= 0.3 is 0 Å². The van der Waals surface area contributed by atoms with Crippen molar-refractivity contribution in [3.63, 3.8) is 0 Å². The molecule has 248 valence electrons. The van der Waals surface area contributed by atoms with Gasteiger partial charge in [-0.3, -0.25) is 0 Å². The predicted molar refractivity (Wildman–Crippen MR) is 199 cm³/mol. The fourth-order valence-corrected chi connectivity index (χ4v) is 7.47. The van der Waals surface area contributed by atoms with Crippen molar-refractivity contribution in [1.29, 1.82) is 0 Å². The summed E-state index contributed by atoms with van der Waals surface area (Å²) in [6.07, 6.45) is 1.80. The van der Waals surface area contributed by atoms with E-state index in [1.807, 2.05) is 73.8 Å². The summed E-state index contributed by atoms with van der Waals surface area (Å²) < 4.78 is 22.0. The monoisotopic (exact) mass is 840 g/mol. The summed E-state index contributed by atoms with van der Waals surface area (Å²) in [5.41, 5.74) is 7.77. The molecule has 0 unspecified atom stereocenters. The minimum Gasteiger partial charge on any atom is -0.512 e. The molecular weight excluding hydrogens is 816 g/mol. The van der Waals surface area contributed by atoms with Crippen LogP contribution in [0.25, 0.3) is 71.5 Å². The Kier molecular flexibility index (Phi) is 6.58. The molecule has 5 heterocycles. The molecule has 51 heavy (non-hydrogen) atoms. The molecule has 7 nitrogen and oxygen atoms in total. The molecule has 0 amide bonds. The van der Waals surface area contributed by atoms with Crippen molar-refractivity contribution in [3.8, 4) is 17.3 Å². The number of ether oxygens (including phenoxy) is 1. The molecule has 0 saturated carbocycles. The van der Waals surface area contributed by atoms with Crippen molar-refractivity contribution < 1.29 is 34.6 Å². The molecule has 0 aliphatic carbocycles. The van der Waals surface area contributed by atoms with Crippen molar-refractivity contribution in [2.75, 3.05) is 16.8 Å². The number of nitrogens with zero attached hydrogens (tertiary/aromatic N) is 4. The van der Waals surface area contributed by atoms with E-state index < -0.39 is 0 Å². The number of pyridine rings is 1. The molecule has 0 radical (unpaired) electrons. The molecule has 0 spiro atoms. The largest absolute Gasteiger partial charge is 0.512 e. The van der Waals surface area contributed by atoms with E-state index >= 15 is 0 Å². The van der Waals surface area contributed by atoms with Crippen LogP contribution in [0, 0.1) is 18.8 Å². The van der Waals surface area contributed by atoms with E-state index in [0.29, 0.717) is 22.7 Å². The smallest absolute Gasteiger partial charge is 0.144 e. The van der Waals surface area contributed by atoms with Gasteiger partial charge in [-0.15, -0.1) is 29.7 Å². The summed E-state index contributed by atoms with van der Waals surface area (Å²) in [5, 5.41) is 6.04. The first-order valence-electron chi connectivity index (χ1n) is 16.4. The molecule has 11 rings (SSSR count). The van der Waals surface area contributed by atoms with Crippen LogP contribution in [0.15, 0.2) is 136 Å². The minimum atomic E-state index is 0. The van der Waals surface area contributed by atoms with Gasteiger partial charge in [-0.2, -0.15) is 12.7 Å². The second-order valence-corrected chi connectivity index (χ2v) is 12.6. The van der Waals surface area contributed by atoms with E-state index in [4.69, 9.17) is 13.6 Å². The zero-order valence-electron chi connectivity index (χ0n) is 27.0. The van der Waals surface area contributed by atoms with E-state index in [0.717, 1.165) is 77.4 Å². The van der Waals surface area contributed by atoms with Gasteiger partial charge in [0.1, 0.15) is 22.6 Å². The van der Waals surface area contributed by atoms with Gasteiger partial charge < -0.3 is 27.9 Å². The van der Waals surface area contributed by atoms with E-state index in [-0.39, 0.29) is 21.1 Å². The summed E-state index contributed by atoms with van der Waals surface area (Å²) in [5.74, 6) is 1.79. The number of hydrogen-bond donors (Lipinski definition) is 0. The topological polar surface area (TPSA) is 59.8 Å². The maximum Gasteiger partial charge on any atom is 0.144 e. The third kappa shape index (κ3) is 4.38. The third-order valence-corrected chi connectivity index (χ3v) is 9.68. The van der Waals surface area contributed by atoms with E-state index in [2.05, 4.69) is 92.7 Å². The Morgan fingerprint density at radius 3 is 2.31 bits per heavy atom. The summed E-state index contributed by atoms with van der Waals surface area (Å²) in [6, 6.07) is 48.0. The molecule has 8 heteroatoms. The van der Waals surface area contributed by atoms with Crippen LogP contribution in [0.1, 0.15) is 0 Å². The molecule has 4 aromatic heterocycles. The Morgan fingerprint density at radius 2 is 1.43 bits per heavy atom. The van der Waals surface area contributed by atoms with Crippen LogP contribution in [0.4, 0.5) is 17.1 Å². The molecule has 0 saturated heterocycles. The Balaban J connectivity index is 0.00000327. The van der Waals surface area contributed by atoms with Crippen LogP contribution in [-0.2, 0) is 21.1 Å². The van der Waals surface area contributed by atoms with Crippen LogP contribution in [0.2, 0.25) is 0 Å². The molecule has 0 fully saturated rings. The van der Waals surface area contributed by atoms with Crippen LogP contribution in [0.5, 0.6) is 11.5 Å². The normalized spacial score (nSPS) is 12.9. The van der Waals surface area contributed by atoms with Crippen molar-refractivity contribution in [2.24, 2.45) is 0 Å². The fraction of sp³-hybridized carbons (Fsp3) is 0.0233. The molecule has 1 aliphatic heterocycles. The first kappa shape index (κ1) is 29.8. The van der Waals surface area contributed by atoms with Gasteiger partial charge in [0.2, 0.25) is 0 Å². The van der Waals surface area contributed by atoms with Gasteiger partial charge in [-0.1, -0.05) is 71.2 Å². The Morgan fingerprint density at radius 1 is 0.667 bits per heavy atom. The summed E-state index contributed by atoms with van der Waals surface area (Å²) >= 11 is 0. The van der Waals surface area contributed by atoms with Gasteiger partial charge in [0.15, 0.2) is 0 Å². The molecule has 6 aromatic carbocycles. The second kappa shape index (κ2) is 11.2. The number of benzene rings is 6. The van der Waals surface area contributed by atoms with E-state index in [1.54, 1.807) is 6.20 Å². The molecule has 0 bridgehead atoms. The fourth-order valence-electron chi connectivity index (χ4n) is 7.47. The second-order valence-electron chi connectivity index (χ2n) is 12.6. The standard InChI is InChI=1S/C43H25N4O3.Pt/c1-45-25-46(35-14-6-5-13-34(35)45)26-22-32-41-38(20-19-31-30-11-3-7-15-37(30)49-43(31)41)50-42(32)39(23-26)48-27-17-18-29-28-10-2-4-12-33(28)47(36(29)24-27)40-16-8-9-21-44-40;/h2-22,25H,1H3;/q-3;. The Hall–Kier alpha value is -6.04. The van der Waals surface area contributed by atoms with Crippen LogP contribution < -0.4 is 14.5 Å². The summed E-state index contributed by atoms with van der Waals surface area (Å²) in [4.78, 5) is 8.92. The molecule has 0 N–H and O–H groups in total. The molecule has 0 atom stereocenters. The summed E-state index contributed by atoms with van der Waals surface area (Å²) in [6.45, 7) is 2.06. The first-order chi connectivity index (χ1) is 24.7. The number of anilines is 3. The number of fused-ring (bicyclic) bond motifs is 11. The van der Waals surface area contributed by atoms with Crippen LogP contribution in [0.3, 0.4) is 0 Å². The van der Waals surface area contributed by atoms with Crippen molar-refractivity contribution in [1.82, 2.24) is 9.55 Å². The maximum absolute atomic E-state index is 6.78. The maximum atomic E-state index is 6.78. The van der Waals surface area contributed by atoms with Crippen molar-refractivity contribution >= 4 is 82.7 Å². The minimum absolute atomic E-state index is 0. The van der Waals surface area contributed by atoms with E-state index in [1.165, 1.54) is 0 Å². The van der Waals surface area contributed by atoms with Gasteiger partial charge in [0.05, 0.1) is 11.3 Å². The average Bonchev–Trinajstić information content (AvgIpc) is 3.91. The molecule has 10 aromatic rings. The molecular formula is C43H25N4O3Pt-3. The van der Waals surface area contributed by atoms with Crippen LogP contribution >= 0.6 is 0 Å². The number of aromatic nitrogens is 2. The third-order valence-electron chi connectivity index (χ3n) is 9.68. The van der Waals surface area contributed by atoms with Gasteiger partial charge in [0.25, 0.3) is 0 Å². The van der Waals surface area contributed by atoms with Crippen molar-refractivity contribution in [3.05, 3.63) is 146 Å². The van der Waals surface area contributed by atoms with E-state index in [9.17, 15) is 0 Å². The van der Waals surface area contributed by atoms with Crippen LogP contribution in [-0.4, -0.2) is 16.6 Å². The average molecular weight is 841 g/mol. The van der Waals surface area contributed by atoms with Gasteiger partial charge in [-0.05, 0) is 61.0 Å². The zero-order valence-corrected chi connectivity index (χ0v) is 29.3. The first-order valence-corrected chi connectivity index (χ1v) is 16.4. The van der Waals surface area contributed by atoms with Gasteiger partial charge in [0, 0.05) is 66.1 Å². The quantitative estimate of drug-likeness (QED) is 0.165. The number of rotatable bonds is 4. The Labute approximate surface area is 306 Å². The number of hydrogen-bond acceptors (Lipinski definition) is 6. The van der Waals surface area contributed by atoms with Crippen molar-refractivity contribution in [2.45, 2.75) is 0 Å². The number of furan rings is 2. The number of para-hydroxylation sites is 4. The Bertz CT molecular complexity index is 2980.